The molecule has 0 aliphatic carbocycles. The SMILES string of the molecule is [CH]c1cccc(S(N)(=O)=O)c1. The summed E-state index contributed by atoms with van der Waals surface area (Å²) in [7, 11) is -3.61. The van der Waals surface area contributed by atoms with E-state index in [0.717, 1.165) is 0 Å². The third-order valence-electron chi connectivity index (χ3n) is 1.19. The van der Waals surface area contributed by atoms with Gasteiger partial charge >= 0.3 is 0 Å². The van der Waals surface area contributed by atoms with E-state index in [1.54, 1.807) is 6.07 Å². The fraction of sp³-hybridized carbons (Fsp3) is 0. The Hall–Kier alpha value is -0.870. The van der Waals surface area contributed by atoms with Crippen molar-refractivity contribution in [1.29, 1.82) is 0 Å². The van der Waals surface area contributed by atoms with Crippen molar-refractivity contribution in [2.45, 2.75) is 4.90 Å². The molecule has 1 aromatic rings. The van der Waals surface area contributed by atoms with Crippen LogP contribution < -0.4 is 5.14 Å². The maximum absolute atomic E-state index is 10.7. The Morgan fingerprint density at radius 1 is 1.36 bits per heavy atom. The van der Waals surface area contributed by atoms with Gasteiger partial charge in [-0.3, -0.25) is 0 Å². The zero-order valence-electron chi connectivity index (χ0n) is 5.69. The predicted molar refractivity (Wildman–Crippen MR) is 41.2 cm³/mol. The second kappa shape index (κ2) is 2.64. The number of benzene rings is 1. The summed E-state index contributed by atoms with van der Waals surface area (Å²) in [5.41, 5.74) is 0.386. The average Bonchev–Trinajstić information content (AvgIpc) is 1.86. The molecule has 2 N–H and O–H groups in total. The molecule has 0 spiro atoms. The van der Waals surface area contributed by atoms with Gasteiger partial charge in [-0.05, 0) is 24.6 Å². The van der Waals surface area contributed by atoms with Crippen molar-refractivity contribution in [3.8, 4) is 0 Å². The van der Waals surface area contributed by atoms with E-state index in [1.165, 1.54) is 18.2 Å². The van der Waals surface area contributed by atoms with Crippen LogP contribution in [0.4, 0.5) is 0 Å². The summed E-state index contributed by atoms with van der Waals surface area (Å²) in [4.78, 5) is 0.0394. The molecule has 3 nitrogen and oxygen atoms in total. The smallest absolute Gasteiger partial charge is 0.225 e. The average molecular weight is 169 g/mol. The summed E-state index contributed by atoms with van der Waals surface area (Å²) in [6, 6.07) is 5.84. The fourth-order valence-corrected chi connectivity index (χ4v) is 1.26. The number of primary sulfonamides is 1. The van der Waals surface area contributed by atoms with Crippen molar-refractivity contribution in [2.75, 3.05) is 0 Å². The van der Waals surface area contributed by atoms with Crippen molar-refractivity contribution in [2.24, 2.45) is 5.14 Å². The van der Waals surface area contributed by atoms with Crippen LogP contribution in [0.15, 0.2) is 29.2 Å². The lowest BCUT2D eigenvalue weighted by Crippen LogP contribution is -2.11. The van der Waals surface area contributed by atoms with E-state index in [1.807, 2.05) is 0 Å². The first kappa shape index (κ1) is 8.23. The van der Waals surface area contributed by atoms with E-state index in [2.05, 4.69) is 0 Å². The molecular weight excluding hydrogens is 162 g/mol. The minimum absolute atomic E-state index is 0.0394. The fourth-order valence-electron chi connectivity index (χ4n) is 0.692. The zero-order chi connectivity index (χ0) is 8.48. The Balaban J connectivity index is 3.28. The van der Waals surface area contributed by atoms with Crippen LogP contribution in [-0.4, -0.2) is 8.42 Å². The van der Waals surface area contributed by atoms with Gasteiger partial charge in [-0.1, -0.05) is 12.1 Å². The summed E-state index contributed by atoms with van der Waals surface area (Å²) in [6.07, 6.45) is 0. The lowest BCUT2D eigenvalue weighted by atomic mass is 10.2. The van der Waals surface area contributed by atoms with Gasteiger partial charge < -0.3 is 0 Å². The van der Waals surface area contributed by atoms with Crippen LogP contribution in [0.3, 0.4) is 0 Å². The third kappa shape index (κ3) is 2.03. The van der Waals surface area contributed by atoms with Crippen molar-refractivity contribution in [3.63, 3.8) is 0 Å². The monoisotopic (exact) mass is 169 g/mol. The molecule has 0 saturated heterocycles. The first-order valence-electron chi connectivity index (χ1n) is 2.88. The highest BCUT2D eigenvalue weighted by atomic mass is 32.2. The van der Waals surface area contributed by atoms with Crippen LogP contribution >= 0.6 is 0 Å². The molecular formula is C7H7NO2S. The molecule has 4 heteroatoms. The predicted octanol–water partition coefficient (Wildman–Crippen LogP) is 0.393. The lowest BCUT2D eigenvalue weighted by molar-refractivity contribution is 0.598. The standard InChI is InChI=1S/C7H7NO2S/c1-6-3-2-4-7(5-6)11(8,9)10/h1-5H,(H2,8,9,10). The van der Waals surface area contributed by atoms with E-state index in [9.17, 15) is 8.42 Å². The summed E-state index contributed by atoms with van der Waals surface area (Å²) in [5, 5.41) is 4.84. The summed E-state index contributed by atoms with van der Waals surface area (Å²) in [5.74, 6) is 0. The van der Waals surface area contributed by atoms with Gasteiger partial charge in [-0.25, -0.2) is 13.6 Å². The van der Waals surface area contributed by atoms with Crippen molar-refractivity contribution in [1.82, 2.24) is 0 Å². The van der Waals surface area contributed by atoms with E-state index >= 15 is 0 Å². The molecule has 0 atom stereocenters. The van der Waals surface area contributed by atoms with Crippen molar-refractivity contribution >= 4 is 10.0 Å². The van der Waals surface area contributed by atoms with Gasteiger partial charge in [0.15, 0.2) is 0 Å². The van der Waals surface area contributed by atoms with E-state index in [-0.39, 0.29) is 4.90 Å². The summed E-state index contributed by atoms with van der Waals surface area (Å²) < 4.78 is 21.4. The molecule has 0 bridgehead atoms. The molecule has 58 valence electrons. The minimum atomic E-state index is -3.61. The van der Waals surface area contributed by atoms with Crippen LogP contribution in [0.5, 0.6) is 0 Å². The van der Waals surface area contributed by atoms with Crippen LogP contribution in [0.1, 0.15) is 5.56 Å². The Labute approximate surface area is 65.9 Å². The van der Waals surface area contributed by atoms with Crippen LogP contribution in [0.2, 0.25) is 0 Å². The van der Waals surface area contributed by atoms with Gasteiger partial charge in [-0.2, -0.15) is 0 Å². The highest BCUT2D eigenvalue weighted by Crippen LogP contribution is 2.07. The van der Waals surface area contributed by atoms with Gasteiger partial charge in [0.05, 0.1) is 4.90 Å². The largest absolute Gasteiger partial charge is 0.238 e. The molecule has 0 amide bonds. The maximum Gasteiger partial charge on any atom is 0.238 e. The number of hydrogen-bond donors (Lipinski definition) is 1. The van der Waals surface area contributed by atoms with Crippen LogP contribution in [-0.2, 0) is 10.0 Å². The number of nitrogens with two attached hydrogens (primary N) is 1. The Kier molecular flexibility index (Phi) is 1.97. The summed E-state index contributed by atoms with van der Waals surface area (Å²) >= 11 is 0. The zero-order valence-corrected chi connectivity index (χ0v) is 6.51. The van der Waals surface area contributed by atoms with Crippen molar-refractivity contribution in [3.05, 3.63) is 36.8 Å². The molecule has 11 heavy (non-hydrogen) atoms. The number of sulfonamides is 1. The number of rotatable bonds is 1. The second-order valence-corrected chi connectivity index (χ2v) is 3.68. The quantitative estimate of drug-likeness (QED) is 0.661. The number of hydrogen-bond acceptors (Lipinski definition) is 2. The van der Waals surface area contributed by atoms with Gasteiger partial charge in [0, 0.05) is 0 Å². The molecule has 1 aromatic carbocycles. The molecule has 1 rings (SSSR count). The lowest BCUT2D eigenvalue weighted by Gasteiger charge is -1.97. The van der Waals surface area contributed by atoms with Gasteiger partial charge in [0.1, 0.15) is 0 Å². The summed E-state index contributed by atoms with van der Waals surface area (Å²) in [6.45, 7) is 5.34. The molecule has 0 saturated carbocycles. The second-order valence-electron chi connectivity index (χ2n) is 2.12. The van der Waals surface area contributed by atoms with Gasteiger partial charge in [0.25, 0.3) is 0 Å². The highest BCUT2D eigenvalue weighted by molar-refractivity contribution is 7.89. The first-order chi connectivity index (χ1) is 5.00. The van der Waals surface area contributed by atoms with E-state index in [0.29, 0.717) is 5.56 Å². The topological polar surface area (TPSA) is 60.2 Å². The first-order valence-corrected chi connectivity index (χ1v) is 4.43. The normalized spacial score (nSPS) is 11.5. The van der Waals surface area contributed by atoms with Crippen LogP contribution in [0.25, 0.3) is 0 Å². The maximum atomic E-state index is 10.7. The molecule has 0 unspecified atom stereocenters. The van der Waals surface area contributed by atoms with Gasteiger partial charge in [0.2, 0.25) is 10.0 Å². The minimum Gasteiger partial charge on any atom is -0.225 e. The molecule has 0 fully saturated rings. The third-order valence-corrected chi connectivity index (χ3v) is 2.10. The molecule has 2 radical (unpaired) electrons. The van der Waals surface area contributed by atoms with Gasteiger partial charge in [-0.15, -0.1) is 0 Å². The van der Waals surface area contributed by atoms with Crippen LogP contribution in [0, 0.1) is 6.92 Å². The molecule has 0 aliphatic heterocycles. The Bertz CT molecular complexity index is 356. The Morgan fingerprint density at radius 3 is 2.36 bits per heavy atom. The highest BCUT2D eigenvalue weighted by Gasteiger charge is 2.05. The molecule has 0 aromatic heterocycles. The van der Waals surface area contributed by atoms with E-state index < -0.39 is 10.0 Å². The molecule has 0 heterocycles. The Morgan fingerprint density at radius 2 is 2.00 bits per heavy atom. The molecule has 0 aliphatic rings. The van der Waals surface area contributed by atoms with E-state index in [4.69, 9.17) is 12.1 Å². The van der Waals surface area contributed by atoms with Crippen molar-refractivity contribution < 1.29 is 8.42 Å².